The van der Waals surface area contributed by atoms with Crippen LogP contribution in [0.5, 0.6) is 0 Å². The smallest absolute Gasteiger partial charge is 0.326 e. The number of rotatable bonds is 5. The third-order valence-electron chi connectivity index (χ3n) is 5.13. The van der Waals surface area contributed by atoms with Crippen LogP contribution in [0.25, 0.3) is 10.8 Å². The molecule has 1 fully saturated rings. The lowest BCUT2D eigenvalue weighted by molar-refractivity contribution is -0.148. The van der Waals surface area contributed by atoms with E-state index in [4.69, 9.17) is 4.74 Å². The van der Waals surface area contributed by atoms with Gasteiger partial charge >= 0.3 is 12.0 Å². The van der Waals surface area contributed by atoms with Crippen molar-refractivity contribution in [3.05, 3.63) is 83.9 Å². The average molecular weight is 388 g/mol. The fourth-order valence-corrected chi connectivity index (χ4v) is 3.45. The van der Waals surface area contributed by atoms with Gasteiger partial charge in [0, 0.05) is 0 Å². The first kappa shape index (κ1) is 18.7. The number of nitrogens with zero attached hydrogens (tertiary/aromatic N) is 1. The summed E-state index contributed by atoms with van der Waals surface area (Å²) < 4.78 is 5.21. The first-order chi connectivity index (χ1) is 14.0. The highest BCUT2D eigenvalue weighted by atomic mass is 16.5. The fourth-order valence-electron chi connectivity index (χ4n) is 3.45. The predicted molar refractivity (Wildman–Crippen MR) is 108 cm³/mol. The number of nitrogens with one attached hydrogen (secondary N) is 1. The number of imide groups is 1. The number of urea groups is 1. The molecule has 0 unspecified atom stereocenters. The van der Waals surface area contributed by atoms with Crippen molar-refractivity contribution in [1.82, 2.24) is 10.2 Å². The lowest BCUT2D eigenvalue weighted by Crippen LogP contribution is -2.41. The molecule has 0 saturated carbocycles. The largest absolute Gasteiger partial charge is 0.459 e. The van der Waals surface area contributed by atoms with Crippen molar-refractivity contribution in [2.75, 3.05) is 6.54 Å². The minimum Gasteiger partial charge on any atom is -0.459 e. The molecule has 3 aromatic carbocycles. The maximum Gasteiger partial charge on any atom is 0.326 e. The minimum absolute atomic E-state index is 0.0886. The summed E-state index contributed by atoms with van der Waals surface area (Å²) in [5.74, 6) is -1.12. The van der Waals surface area contributed by atoms with Crippen LogP contribution < -0.4 is 5.32 Å². The summed E-state index contributed by atoms with van der Waals surface area (Å²) in [7, 11) is 0. The molecule has 6 heteroatoms. The second-order valence-corrected chi connectivity index (χ2v) is 7.15. The van der Waals surface area contributed by atoms with Crippen LogP contribution in [-0.4, -0.2) is 29.4 Å². The van der Waals surface area contributed by atoms with Gasteiger partial charge in [-0.25, -0.2) is 4.79 Å². The molecule has 6 nitrogen and oxygen atoms in total. The van der Waals surface area contributed by atoms with Crippen molar-refractivity contribution in [2.24, 2.45) is 0 Å². The summed E-state index contributed by atoms with van der Waals surface area (Å²) in [6.07, 6.45) is 0. The molecule has 0 radical (unpaired) electrons. The van der Waals surface area contributed by atoms with Gasteiger partial charge < -0.3 is 10.1 Å². The second kappa shape index (κ2) is 7.39. The Bertz CT molecular complexity index is 1100. The standard InChI is InChI=1S/C23H20N2O4/c1-23(19-12-11-17-9-5-6-10-18(17)13-19)21(27)25(22(28)24-23)14-20(26)29-15-16-7-3-2-4-8-16/h2-13H,14-15H2,1H3,(H,24,28)/t23-/m0/s1. The highest BCUT2D eigenvalue weighted by molar-refractivity contribution is 6.09. The van der Waals surface area contributed by atoms with Crippen LogP contribution >= 0.6 is 0 Å². The molecule has 4 rings (SSSR count). The van der Waals surface area contributed by atoms with Crippen LogP contribution in [0, 0.1) is 0 Å². The van der Waals surface area contributed by atoms with Crippen LogP contribution in [0.4, 0.5) is 4.79 Å². The van der Waals surface area contributed by atoms with Crippen LogP contribution in [-0.2, 0) is 26.5 Å². The average Bonchev–Trinajstić information content (AvgIpc) is 2.96. The summed E-state index contributed by atoms with van der Waals surface area (Å²) in [6.45, 7) is 1.30. The number of carbonyl (C=O) groups excluding carboxylic acids is 3. The normalized spacial score (nSPS) is 18.7. The molecule has 3 aromatic rings. The molecule has 1 saturated heterocycles. The van der Waals surface area contributed by atoms with E-state index in [9.17, 15) is 14.4 Å². The minimum atomic E-state index is -1.24. The number of benzene rings is 3. The fraction of sp³-hybridized carbons (Fsp3) is 0.174. The number of amides is 3. The van der Waals surface area contributed by atoms with Crippen molar-refractivity contribution in [3.63, 3.8) is 0 Å². The molecule has 0 aliphatic carbocycles. The van der Waals surface area contributed by atoms with Gasteiger partial charge in [0.25, 0.3) is 5.91 Å². The lowest BCUT2D eigenvalue weighted by Gasteiger charge is -2.22. The topological polar surface area (TPSA) is 75.7 Å². The van der Waals surface area contributed by atoms with E-state index in [2.05, 4.69) is 5.32 Å². The lowest BCUT2D eigenvalue weighted by atomic mass is 9.90. The molecular weight excluding hydrogens is 368 g/mol. The number of esters is 1. The Hall–Kier alpha value is -3.67. The number of fused-ring (bicyclic) bond motifs is 1. The van der Waals surface area contributed by atoms with Gasteiger partial charge in [0.05, 0.1) is 0 Å². The van der Waals surface area contributed by atoms with Crippen LogP contribution in [0.15, 0.2) is 72.8 Å². The highest BCUT2D eigenvalue weighted by Gasteiger charge is 2.49. The Morgan fingerprint density at radius 1 is 0.966 bits per heavy atom. The Morgan fingerprint density at radius 2 is 1.66 bits per heavy atom. The van der Waals surface area contributed by atoms with Gasteiger partial charge in [-0.1, -0.05) is 66.7 Å². The molecule has 29 heavy (non-hydrogen) atoms. The summed E-state index contributed by atoms with van der Waals surface area (Å²) in [6, 6.07) is 22.0. The summed E-state index contributed by atoms with van der Waals surface area (Å²) in [5, 5.41) is 4.73. The van der Waals surface area contributed by atoms with Gasteiger partial charge in [0.1, 0.15) is 18.7 Å². The summed E-state index contributed by atoms with van der Waals surface area (Å²) in [5.41, 5.74) is 0.259. The van der Waals surface area contributed by atoms with E-state index in [0.717, 1.165) is 21.2 Å². The molecule has 1 atom stereocenters. The Balaban J connectivity index is 1.49. The Labute approximate surface area is 168 Å². The molecule has 0 spiro atoms. The summed E-state index contributed by atoms with van der Waals surface area (Å²) in [4.78, 5) is 38.5. The molecule has 1 N–H and O–H groups in total. The second-order valence-electron chi connectivity index (χ2n) is 7.15. The van der Waals surface area contributed by atoms with E-state index in [1.807, 2.05) is 72.8 Å². The zero-order valence-corrected chi connectivity index (χ0v) is 15.9. The first-order valence-electron chi connectivity index (χ1n) is 9.30. The quantitative estimate of drug-likeness (QED) is 0.537. The van der Waals surface area contributed by atoms with Crippen molar-refractivity contribution in [3.8, 4) is 0 Å². The van der Waals surface area contributed by atoms with Crippen molar-refractivity contribution < 1.29 is 19.1 Å². The van der Waals surface area contributed by atoms with E-state index in [-0.39, 0.29) is 6.61 Å². The van der Waals surface area contributed by atoms with Gasteiger partial charge in [0.2, 0.25) is 0 Å². The molecule has 0 bridgehead atoms. The van der Waals surface area contributed by atoms with Gasteiger partial charge in [-0.15, -0.1) is 0 Å². The number of carbonyl (C=O) groups is 3. The Kier molecular flexibility index (Phi) is 4.76. The van der Waals surface area contributed by atoms with E-state index >= 15 is 0 Å². The SMILES string of the molecule is C[C@@]1(c2ccc3ccccc3c2)NC(=O)N(CC(=O)OCc2ccccc2)C1=O. The maximum absolute atomic E-state index is 13.0. The highest BCUT2D eigenvalue weighted by Crippen LogP contribution is 2.31. The maximum atomic E-state index is 13.0. The number of hydrogen-bond acceptors (Lipinski definition) is 4. The van der Waals surface area contributed by atoms with Gasteiger partial charge in [0.15, 0.2) is 0 Å². The van der Waals surface area contributed by atoms with E-state index < -0.39 is 30.0 Å². The van der Waals surface area contributed by atoms with E-state index in [1.165, 1.54) is 0 Å². The summed E-state index contributed by atoms with van der Waals surface area (Å²) >= 11 is 0. The third-order valence-corrected chi connectivity index (χ3v) is 5.13. The molecular formula is C23H20N2O4. The molecule has 0 aromatic heterocycles. The Morgan fingerprint density at radius 3 is 2.41 bits per heavy atom. The molecule has 1 aliphatic heterocycles. The van der Waals surface area contributed by atoms with Gasteiger partial charge in [-0.3, -0.25) is 14.5 Å². The molecule has 146 valence electrons. The van der Waals surface area contributed by atoms with E-state index in [0.29, 0.717) is 5.56 Å². The van der Waals surface area contributed by atoms with Gasteiger partial charge in [-0.2, -0.15) is 0 Å². The predicted octanol–water partition coefficient (Wildman–Crippen LogP) is 3.35. The molecule has 1 heterocycles. The zero-order valence-electron chi connectivity index (χ0n) is 15.9. The molecule has 1 aliphatic rings. The number of hydrogen-bond donors (Lipinski definition) is 1. The van der Waals surface area contributed by atoms with Crippen molar-refractivity contribution in [1.29, 1.82) is 0 Å². The first-order valence-corrected chi connectivity index (χ1v) is 9.30. The van der Waals surface area contributed by atoms with Crippen molar-refractivity contribution in [2.45, 2.75) is 19.1 Å². The van der Waals surface area contributed by atoms with Crippen LogP contribution in [0.3, 0.4) is 0 Å². The van der Waals surface area contributed by atoms with Crippen molar-refractivity contribution >= 4 is 28.7 Å². The molecule has 3 amide bonds. The zero-order chi connectivity index (χ0) is 20.4. The number of ether oxygens (including phenoxy) is 1. The van der Waals surface area contributed by atoms with Gasteiger partial charge in [-0.05, 0) is 34.9 Å². The monoisotopic (exact) mass is 388 g/mol. The van der Waals surface area contributed by atoms with Crippen LogP contribution in [0.1, 0.15) is 18.1 Å². The van der Waals surface area contributed by atoms with Crippen LogP contribution in [0.2, 0.25) is 0 Å². The van der Waals surface area contributed by atoms with E-state index in [1.54, 1.807) is 6.92 Å². The third kappa shape index (κ3) is 3.57.